The van der Waals surface area contributed by atoms with Crippen LogP contribution in [0.3, 0.4) is 0 Å². The molecule has 1 aromatic heterocycles. The Kier molecular flexibility index (Phi) is 7.47. The standard InChI is InChI=1S/C18H25N3O2.CH2O2/c1-14(2)23-18-7-5-4-6-17(18)22-11-10-20-8-9-21-16(13-20)12-15(3)19-21;2-1-3/h4-7,12,14H,8-11,13H2,1-3H3;1H,(H,2,3). The van der Waals surface area contributed by atoms with Crippen molar-refractivity contribution >= 4 is 6.47 Å². The van der Waals surface area contributed by atoms with Gasteiger partial charge in [0.25, 0.3) is 6.47 Å². The van der Waals surface area contributed by atoms with Crippen LogP contribution >= 0.6 is 0 Å². The second-order valence-corrected chi connectivity index (χ2v) is 6.34. The average Bonchev–Trinajstić information content (AvgIpc) is 2.96. The van der Waals surface area contributed by atoms with Gasteiger partial charge in [0, 0.05) is 19.6 Å². The molecular formula is C19H27N3O4. The van der Waals surface area contributed by atoms with E-state index in [1.54, 1.807) is 0 Å². The van der Waals surface area contributed by atoms with Gasteiger partial charge in [-0.2, -0.15) is 5.10 Å². The Morgan fingerprint density at radius 2 is 1.96 bits per heavy atom. The Morgan fingerprint density at radius 3 is 2.65 bits per heavy atom. The number of hydrogen-bond donors (Lipinski definition) is 1. The number of rotatable bonds is 6. The smallest absolute Gasteiger partial charge is 0.290 e. The van der Waals surface area contributed by atoms with Crippen molar-refractivity contribution in [1.82, 2.24) is 14.7 Å². The van der Waals surface area contributed by atoms with Crippen LogP contribution in [-0.4, -0.2) is 52.1 Å². The molecule has 0 saturated heterocycles. The molecule has 26 heavy (non-hydrogen) atoms. The maximum absolute atomic E-state index is 8.36. The van der Waals surface area contributed by atoms with Gasteiger partial charge in [-0.05, 0) is 39.0 Å². The van der Waals surface area contributed by atoms with Crippen LogP contribution in [0.15, 0.2) is 30.3 Å². The molecule has 0 spiro atoms. The molecule has 7 heteroatoms. The van der Waals surface area contributed by atoms with Crippen LogP contribution in [0, 0.1) is 6.92 Å². The molecule has 0 saturated carbocycles. The summed E-state index contributed by atoms with van der Waals surface area (Å²) >= 11 is 0. The van der Waals surface area contributed by atoms with Crippen LogP contribution < -0.4 is 9.47 Å². The van der Waals surface area contributed by atoms with E-state index in [0.29, 0.717) is 6.61 Å². The monoisotopic (exact) mass is 361 g/mol. The van der Waals surface area contributed by atoms with E-state index >= 15 is 0 Å². The number of aryl methyl sites for hydroxylation is 1. The van der Waals surface area contributed by atoms with E-state index < -0.39 is 0 Å². The number of para-hydroxylation sites is 2. The maximum atomic E-state index is 8.36. The molecule has 0 radical (unpaired) electrons. The van der Waals surface area contributed by atoms with E-state index in [9.17, 15) is 0 Å². The Labute approximate surface area is 154 Å². The van der Waals surface area contributed by atoms with Crippen molar-refractivity contribution in [1.29, 1.82) is 0 Å². The molecule has 0 amide bonds. The van der Waals surface area contributed by atoms with Gasteiger partial charge in [-0.25, -0.2) is 0 Å². The van der Waals surface area contributed by atoms with Crippen molar-refractivity contribution in [2.75, 3.05) is 19.7 Å². The summed E-state index contributed by atoms with van der Waals surface area (Å²) in [5, 5.41) is 11.4. The lowest BCUT2D eigenvalue weighted by Crippen LogP contribution is -2.36. The van der Waals surface area contributed by atoms with Gasteiger partial charge in [0.05, 0.1) is 24.0 Å². The van der Waals surface area contributed by atoms with Gasteiger partial charge < -0.3 is 14.6 Å². The molecule has 1 aromatic carbocycles. The molecule has 0 fully saturated rings. The molecule has 1 aliphatic rings. The summed E-state index contributed by atoms with van der Waals surface area (Å²) in [7, 11) is 0. The van der Waals surface area contributed by atoms with E-state index in [1.807, 2.05) is 45.0 Å². The van der Waals surface area contributed by atoms with Gasteiger partial charge in [0.1, 0.15) is 6.61 Å². The summed E-state index contributed by atoms with van der Waals surface area (Å²) in [4.78, 5) is 10.8. The number of fused-ring (bicyclic) bond motifs is 1. The van der Waals surface area contributed by atoms with Crippen molar-refractivity contribution in [2.24, 2.45) is 0 Å². The molecule has 0 aliphatic carbocycles. The van der Waals surface area contributed by atoms with Crippen molar-refractivity contribution in [3.63, 3.8) is 0 Å². The van der Waals surface area contributed by atoms with Crippen LogP contribution in [-0.2, 0) is 17.9 Å². The van der Waals surface area contributed by atoms with Crippen LogP contribution in [0.2, 0.25) is 0 Å². The summed E-state index contributed by atoms with van der Waals surface area (Å²) in [6, 6.07) is 10.0. The highest BCUT2D eigenvalue weighted by Crippen LogP contribution is 2.27. The molecule has 0 atom stereocenters. The summed E-state index contributed by atoms with van der Waals surface area (Å²) < 4.78 is 13.8. The zero-order valence-electron chi connectivity index (χ0n) is 15.6. The maximum Gasteiger partial charge on any atom is 0.290 e. The molecule has 3 rings (SSSR count). The van der Waals surface area contributed by atoms with Gasteiger partial charge in [0.2, 0.25) is 0 Å². The van der Waals surface area contributed by atoms with Crippen LogP contribution in [0.5, 0.6) is 11.5 Å². The fourth-order valence-corrected chi connectivity index (χ4v) is 2.86. The zero-order chi connectivity index (χ0) is 18.9. The Hall–Kier alpha value is -2.54. The molecule has 2 aromatic rings. The molecule has 2 heterocycles. The Morgan fingerprint density at radius 1 is 1.27 bits per heavy atom. The average molecular weight is 361 g/mol. The lowest BCUT2D eigenvalue weighted by molar-refractivity contribution is -0.122. The third kappa shape index (κ3) is 5.77. The first kappa shape index (κ1) is 19.8. The highest BCUT2D eigenvalue weighted by atomic mass is 16.5. The molecule has 0 unspecified atom stereocenters. The van der Waals surface area contributed by atoms with E-state index in [4.69, 9.17) is 19.4 Å². The topological polar surface area (TPSA) is 76.8 Å². The highest BCUT2D eigenvalue weighted by molar-refractivity contribution is 5.39. The highest BCUT2D eigenvalue weighted by Gasteiger charge is 2.17. The van der Waals surface area contributed by atoms with Gasteiger partial charge in [0.15, 0.2) is 11.5 Å². The number of hydrogen-bond acceptors (Lipinski definition) is 5. The van der Waals surface area contributed by atoms with Crippen molar-refractivity contribution in [3.8, 4) is 11.5 Å². The van der Waals surface area contributed by atoms with E-state index in [0.717, 1.165) is 43.4 Å². The van der Waals surface area contributed by atoms with Crippen LogP contribution in [0.25, 0.3) is 0 Å². The summed E-state index contributed by atoms with van der Waals surface area (Å²) in [5.41, 5.74) is 2.38. The molecule has 7 nitrogen and oxygen atoms in total. The first-order valence-electron chi connectivity index (χ1n) is 8.75. The lowest BCUT2D eigenvalue weighted by atomic mass is 10.3. The number of benzene rings is 1. The second kappa shape index (κ2) is 9.82. The summed E-state index contributed by atoms with van der Waals surface area (Å²) in [6.45, 7) is 10.3. The van der Waals surface area contributed by atoms with Gasteiger partial charge in [-0.1, -0.05) is 12.1 Å². The van der Waals surface area contributed by atoms with E-state index in [1.165, 1.54) is 5.69 Å². The fraction of sp³-hybridized carbons (Fsp3) is 0.474. The van der Waals surface area contributed by atoms with E-state index in [-0.39, 0.29) is 12.6 Å². The Bertz CT molecular complexity index is 700. The van der Waals surface area contributed by atoms with E-state index in [2.05, 4.69) is 20.7 Å². The predicted octanol–water partition coefficient (Wildman–Crippen LogP) is 2.57. The first-order chi connectivity index (χ1) is 12.5. The zero-order valence-corrected chi connectivity index (χ0v) is 15.6. The lowest BCUT2D eigenvalue weighted by Gasteiger charge is -2.27. The van der Waals surface area contributed by atoms with Gasteiger partial charge in [-0.3, -0.25) is 14.4 Å². The summed E-state index contributed by atoms with van der Waals surface area (Å²) in [6.07, 6.45) is 0.144. The molecule has 1 aliphatic heterocycles. The van der Waals surface area contributed by atoms with Crippen LogP contribution in [0.4, 0.5) is 0 Å². The molecule has 142 valence electrons. The van der Waals surface area contributed by atoms with Gasteiger partial charge in [-0.15, -0.1) is 0 Å². The first-order valence-corrected chi connectivity index (χ1v) is 8.75. The second-order valence-electron chi connectivity index (χ2n) is 6.34. The largest absolute Gasteiger partial charge is 0.488 e. The number of nitrogens with zero attached hydrogens (tertiary/aromatic N) is 3. The third-order valence-corrected chi connectivity index (χ3v) is 3.88. The van der Waals surface area contributed by atoms with Crippen molar-refractivity contribution < 1.29 is 19.4 Å². The Balaban J connectivity index is 0.000000758. The minimum atomic E-state index is -0.250. The number of aromatic nitrogens is 2. The molecule has 0 bridgehead atoms. The normalized spacial score (nSPS) is 13.5. The molecular weight excluding hydrogens is 334 g/mol. The quantitative estimate of drug-likeness (QED) is 0.797. The predicted molar refractivity (Wildman–Crippen MR) is 98.6 cm³/mol. The fourth-order valence-electron chi connectivity index (χ4n) is 2.86. The van der Waals surface area contributed by atoms with Crippen molar-refractivity contribution in [2.45, 2.75) is 40.0 Å². The van der Waals surface area contributed by atoms with Gasteiger partial charge >= 0.3 is 0 Å². The minimum absolute atomic E-state index is 0.144. The minimum Gasteiger partial charge on any atom is -0.488 e. The third-order valence-electron chi connectivity index (χ3n) is 3.88. The van der Waals surface area contributed by atoms with Crippen molar-refractivity contribution in [3.05, 3.63) is 41.7 Å². The van der Waals surface area contributed by atoms with Crippen LogP contribution in [0.1, 0.15) is 25.2 Å². The molecule has 1 N–H and O–H groups in total. The number of carbonyl (C=O) groups is 1. The number of ether oxygens (including phenoxy) is 2. The summed E-state index contributed by atoms with van der Waals surface area (Å²) in [5.74, 6) is 1.63. The number of carboxylic acid groups (broad SMARTS) is 1. The SMILES string of the molecule is Cc1cc2n(n1)CCN(CCOc1ccccc1OC(C)C)C2.O=CO.